The maximum absolute atomic E-state index is 14.2. The molecule has 0 radical (unpaired) electrons. The van der Waals surface area contributed by atoms with Crippen molar-refractivity contribution in [2.75, 3.05) is 6.54 Å². The minimum Gasteiger partial charge on any atom is -0.310 e. The minimum atomic E-state index is -0.0529. The highest BCUT2D eigenvalue weighted by Gasteiger charge is 2.21. The zero-order chi connectivity index (χ0) is 15.1. The van der Waals surface area contributed by atoms with Gasteiger partial charge in [-0.3, -0.25) is 0 Å². The Kier molecular flexibility index (Phi) is 6.69. The van der Waals surface area contributed by atoms with Crippen LogP contribution in [0.3, 0.4) is 0 Å². The molecule has 118 valence electrons. The molecule has 2 rings (SSSR count). The van der Waals surface area contributed by atoms with E-state index in [1.165, 1.54) is 38.5 Å². The maximum Gasteiger partial charge on any atom is 0.127 e. The quantitative estimate of drug-likeness (QED) is 0.679. The monoisotopic (exact) mass is 291 g/mol. The number of aryl methyl sites for hydroxylation is 1. The molecule has 2 heteroatoms. The Hall–Kier alpha value is -0.890. The smallest absolute Gasteiger partial charge is 0.127 e. The Balaban J connectivity index is 2.10. The second-order valence-electron chi connectivity index (χ2n) is 6.62. The van der Waals surface area contributed by atoms with E-state index in [2.05, 4.69) is 12.2 Å². The predicted molar refractivity (Wildman–Crippen MR) is 88.0 cm³/mol. The molecule has 0 amide bonds. The van der Waals surface area contributed by atoms with Crippen LogP contribution >= 0.6 is 0 Å². The first-order valence-electron chi connectivity index (χ1n) is 8.70. The van der Waals surface area contributed by atoms with Crippen LogP contribution in [0.25, 0.3) is 0 Å². The number of halogens is 1. The molecule has 0 spiro atoms. The average molecular weight is 291 g/mol. The fourth-order valence-electron chi connectivity index (χ4n) is 3.50. The van der Waals surface area contributed by atoms with Crippen molar-refractivity contribution >= 4 is 0 Å². The van der Waals surface area contributed by atoms with Crippen molar-refractivity contribution in [1.29, 1.82) is 0 Å². The van der Waals surface area contributed by atoms with Gasteiger partial charge >= 0.3 is 0 Å². The van der Waals surface area contributed by atoms with E-state index in [0.29, 0.717) is 0 Å². The summed E-state index contributed by atoms with van der Waals surface area (Å²) >= 11 is 0. The summed E-state index contributed by atoms with van der Waals surface area (Å²) in [6.45, 7) is 5.18. The fraction of sp³-hybridized carbons (Fsp3) is 0.684. The molecule has 0 bridgehead atoms. The summed E-state index contributed by atoms with van der Waals surface area (Å²) in [4.78, 5) is 0. The van der Waals surface area contributed by atoms with E-state index in [1.807, 2.05) is 19.1 Å². The van der Waals surface area contributed by atoms with Gasteiger partial charge in [-0.05, 0) is 38.3 Å². The summed E-state index contributed by atoms with van der Waals surface area (Å²) in [7, 11) is 0. The highest BCUT2D eigenvalue weighted by molar-refractivity contribution is 5.27. The van der Waals surface area contributed by atoms with Gasteiger partial charge in [0, 0.05) is 11.6 Å². The lowest BCUT2D eigenvalue weighted by Gasteiger charge is -2.25. The van der Waals surface area contributed by atoms with Gasteiger partial charge in [-0.15, -0.1) is 0 Å². The van der Waals surface area contributed by atoms with Crippen LogP contribution in [0.2, 0.25) is 0 Å². The van der Waals surface area contributed by atoms with Crippen molar-refractivity contribution in [1.82, 2.24) is 5.32 Å². The molecule has 0 heterocycles. The summed E-state index contributed by atoms with van der Waals surface area (Å²) in [6, 6.07) is 5.69. The molecule has 1 aromatic rings. The second-order valence-corrected chi connectivity index (χ2v) is 6.62. The first-order chi connectivity index (χ1) is 10.2. The van der Waals surface area contributed by atoms with Gasteiger partial charge in [-0.25, -0.2) is 4.39 Å². The fourth-order valence-corrected chi connectivity index (χ4v) is 3.50. The molecule has 0 aromatic heterocycles. The topological polar surface area (TPSA) is 12.0 Å². The van der Waals surface area contributed by atoms with Crippen LogP contribution in [0.1, 0.15) is 75.5 Å². The molecule has 1 unspecified atom stereocenters. The molecule has 1 fully saturated rings. The zero-order valence-corrected chi connectivity index (χ0v) is 13.6. The van der Waals surface area contributed by atoms with Gasteiger partial charge in [0.25, 0.3) is 0 Å². The number of nitrogens with one attached hydrogen (secondary N) is 1. The molecule has 21 heavy (non-hydrogen) atoms. The first-order valence-corrected chi connectivity index (χ1v) is 8.70. The van der Waals surface area contributed by atoms with Crippen molar-refractivity contribution in [3.05, 3.63) is 35.1 Å². The first kappa shape index (κ1) is 16.5. The van der Waals surface area contributed by atoms with Crippen molar-refractivity contribution in [2.24, 2.45) is 5.92 Å². The summed E-state index contributed by atoms with van der Waals surface area (Å²) < 4.78 is 14.2. The van der Waals surface area contributed by atoms with E-state index in [9.17, 15) is 4.39 Å². The van der Waals surface area contributed by atoms with E-state index in [1.54, 1.807) is 6.07 Å². The highest BCUT2D eigenvalue weighted by Crippen LogP contribution is 2.32. The van der Waals surface area contributed by atoms with Crippen molar-refractivity contribution in [3.8, 4) is 0 Å². The lowest BCUT2D eigenvalue weighted by Crippen LogP contribution is -2.25. The summed E-state index contributed by atoms with van der Waals surface area (Å²) in [5.41, 5.74) is 2.02. The lowest BCUT2D eigenvalue weighted by molar-refractivity contribution is 0.350. The van der Waals surface area contributed by atoms with Gasteiger partial charge in [-0.1, -0.05) is 63.1 Å². The van der Waals surface area contributed by atoms with Gasteiger partial charge < -0.3 is 5.32 Å². The maximum atomic E-state index is 14.2. The van der Waals surface area contributed by atoms with Crippen LogP contribution in [0, 0.1) is 18.7 Å². The van der Waals surface area contributed by atoms with E-state index < -0.39 is 0 Å². The van der Waals surface area contributed by atoms with Crippen molar-refractivity contribution < 1.29 is 4.39 Å². The van der Waals surface area contributed by atoms with Gasteiger partial charge in [0.1, 0.15) is 5.82 Å². The molecule has 0 aliphatic heterocycles. The summed E-state index contributed by atoms with van der Waals surface area (Å²) in [5, 5.41) is 3.58. The van der Waals surface area contributed by atoms with Crippen molar-refractivity contribution in [3.63, 3.8) is 0 Å². The molecule has 1 aliphatic carbocycles. The third-order valence-corrected chi connectivity index (χ3v) is 4.71. The lowest BCUT2D eigenvalue weighted by atomic mass is 9.89. The molecule has 1 atom stereocenters. The van der Waals surface area contributed by atoms with Gasteiger partial charge in [0.15, 0.2) is 0 Å². The Morgan fingerprint density at radius 3 is 2.57 bits per heavy atom. The third kappa shape index (κ3) is 5.10. The number of rotatable bonds is 6. The third-order valence-electron chi connectivity index (χ3n) is 4.71. The van der Waals surface area contributed by atoms with Crippen LogP contribution in [0.15, 0.2) is 18.2 Å². The van der Waals surface area contributed by atoms with Crippen LogP contribution in [0.4, 0.5) is 4.39 Å². The Bertz CT molecular complexity index is 422. The second kappa shape index (κ2) is 8.53. The summed E-state index contributed by atoms with van der Waals surface area (Å²) in [6.07, 6.45) is 10.3. The Labute approximate surface area is 129 Å². The highest BCUT2D eigenvalue weighted by atomic mass is 19.1. The van der Waals surface area contributed by atoms with Crippen molar-refractivity contribution in [2.45, 2.75) is 71.3 Å². The van der Waals surface area contributed by atoms with Crippen LogP contribution in [0.5, 0.6) is 0 Å². The van der Waals surface area contributed by atoms with Crippen LogP contribution in [-0.2, 0) is 0 Å². The largest absolute Gasteiger partial charge is 0.310 e. The Morgan fingerprint density at radius 2 is 1.90 bits per heavy atom. The molecule has 1 nitrogen and oxygen atoms in total. The van der Waals surface area contributed by atoms with Crippen LogP contribution < -0.4 is 5.32 Å². The SMILES string of the molecule is CCCNC(CC1CCCCCC1)c1cc(C)ccc1F. The van der Waals surface area contributed by atoms with Crippen LogP contribution in [-0.4, -0.2) is 6.54 Å². The Morgan fingerprint density at radius 1 is 1.19 bits per heavy atom. The number of hydrogen-bond donors (Lipinski definition) is 1. The molecule has 1 N–H and O–H groups in total. The molecule has 1 aliphatic rings. The van der Waals surface area contributed by atoms with Gasteiger partial charge in [-0.2, -0.15) is 0 Å². The average Bonchev–Trinajstić information content (AvgIpc) is 2.75. The molecule has 1 saturated carbocycles. The molecule has 0 saturated heterocycles. The van der Waals surface area contributed by atoms with Gasteiger partial charge in [0.05, 0.1) is 0 Å². The normalized spacial score (nSPS) is 18.4. The minimum absolute atomic E-state index is 0.0529. The molecular weight excluding hydrogens is 261 g/mol. The van der Waals surface area contributed by atoms with Gasteiger partial charge in [0.2, 0.25) is 0 Å². The number of benzene rings is 1. The van der Waals surface area contributed by atoms with E-state index in [4.69, 9.17) is 0 Å². The van der Waals surface area contributed by atoms with E-state index in [0.717, 1.165) is 36.4 Å². The van der Waals surface area contributed by atoms with E-state index >= 15 is 0 Å². The molecular formula is C19H30FN. The standard InChI is InChI=1S/C19H30FN/c1-3-12-21-19(14-16-8-6-4-5-7-9-16)17-13-15(2)10-11-18(17)20/h10-11,13,16,19,21H,3-9,12,14H2,1-2H3. The summed E-state index contributed by atoms with van der Waals surface area (Å²) in [5.74, 6) is 0.699. The predicted octanol–water partition coefficient (Wildman–Crippen LogP) is 5.54. The number of hydrogen-bond acceptors (Lipinski definition) is 1. The van der Waals surface area contributed by atoms with E-state index in [-0.39, 0.29) is 11.9 Å². The molecule has 1 aromatic carbocycles. The zero-order valence-electron chi connectivity index (χ0n) is 13.6.